The monoisotopic (exact) mass is 393 g/mol. The number of hydrogen-bond acceptors (Lipinski definition) is 3. The first-order chi connectivity index (χ1) is 10.1. The van der Waals surface area contributed by atoms with Gasteiger partial charge in [-0.2, -0.15) is 0 Å². The van der Waals surface area contributed by atoms with E-state index in [4.69, 9.17) is 4.98 Å². The smallest absolute Gasteiger partial charge is 0.143 e. The van der Waals surface area contributed by atoms with E-state index >= 15 is 0 Å². The molecule has 1 aliphatic rings. The van der Waals surface area contributed by atoms with Crippen LogP contribution in [0.15, 0.2) is 18.2 Å². The van der Waals surface area contributed by atoms with E-state index in [1.54, 1.807) is 0 Å². The fourth-order valence-corrected chi connectivity index (χ4v) is 3.69. The van der Waals surface area contributed by atoms with Crippen molar-refractivity contribution in [3.63, 3.8) is 0 Å². The van der Waals surface area contributed by atoms with Crippen LogP contribution < -0.4 is 5.32 Å². The molecule has 0 atom stereocenters. The van der Waals surface area contributed by atoms with Gasteiger partial charge in [0.25, 0.3) is 0 Å². The summed E-state index contributed by atoms with van der Waals surface area (Å²) in [4.78, 5) is 9.53. The minimum atomic E-state index is 0.644. The van der Waals surface area contributed by atoms with Crippen LogP contribution in [0.2, 0.25) is 0 Å². The van der Waals surface area contributed by atoms with Crippen molar-refractivity contribution >= 4 is 28.4 Å². The molecule has 0 radical (unpaired) electrons. The van der Waals surface area contributed by atoms with Gasteiger partial charge in [-0.15, -0.1) is 0 Å². The van der Waals surface area contributed by atoms with Crippen LogP contribution in [0.3, 0.4) is 0 Å². The Morgan fingerprint density at radius 3 is 2.38 bits per heavy atom. The summed E-state index contributed by atoms with van der Waals surface area (Å²) in [5.41, 5.74) is 5.12. The summed E-state index contributed by atoms with van der Waals surface area (Å²) in [6.07, 6.45) is 3.33. The predicted molar refractivity (Wildman–Crippen MR) is 95.0 cm³/mol. The maximum absolute atomic E-state index is 4.84. The second-order valence-corrected chi connectivity index (χ2v) is 6.96. The second kappa shape index (κ2) is 5.91. The van der Waals surface area contributed by atoms with Crippen LogP contribution in [0.1, 0.15) is 47.0 Å². The van der Waals surface area contributed by atoms with Gasteiger partial charge in [0, 0.05) is 19.4 Å². The van der Waals surface area contributed by atoms with Crippen molar-refractivity contribution in [1.82, 2.24) is 9.97 Å². The molecule has 1 fully saturated rings. The third-order valence-corrected chi connectivity index (χ3v) is 4.83. The highest BCUT2D eigenvalue weighted by Crippen LogP contribution is 2.42. The van der Waals surface area contributed by atoms with Gasteiger partial charge in [-0.25, -0.2) is 9.97 Å². The van der Waals surface area contributed by atoms with Crippen molar-refractivity contribution in [1.29, 1.82) is 0 Å². The number of hydrogen-bond donors (Lipinski definition) is 1. The molecule has 1 aliphatic carbocycles. The highest BCUT2D eigenvalue weighted by Gasteiger charge is 2.29. The number of nitrogens with zero attached hydrogens (tertiary/aromatic N) is 2. The van der Waals surface area contributed by atoms with Crippen molar-refractivity contribution < 1.29 is 0 Å². The quantitative estimate of drug-likeness (QED) is 0.791. The number of aromatic nitrogens is 2. The fraction of sp³-hybridized carbons (Fsp3) is 0.412. The van der Waals surface area contributed by atoms with E-state index in [1.165, 1.54) is 38.8 Å². The van der Waals surface area contributed by atoms with Gasteiger partial charge in [-0.05, 0) is 54.8 Å². The Balaban J connectivity index is 1.96. The molecule has 4 heteroatoms. The van der Waals surface area contributed by atoms with Gasteiger partial charge in [0.1, 0.15) is 11.6 Å². The summed E-state index contributed by atoms with van der Waals surface area (Å²) < 4.78 is 1.18. The molecule has 1 heterocycles. The Morgan fingerprint density at radius 2 is 1.81 bits per heavy atom. The maximum Gasteiger partial charge on any atom is 0.143 e. The number of rotatable bonds is 4. The molecule has 0 spiro atoms. The van der Waals surface area contributed by atoms with Gasteiger partial charge >= 0.3 is 0 Å². The standard InChI is InChI=1S/C17H20IN3/c1-10-6-11(2)8-12(7-10)9-14-20-16(13-4-5-13)15(18)17(19-3)21-14/h6-8,13H,4-5,9H2,1-3H3,(H,19,20,21). The molecule has 1 aromatic heterocycles. The van der Waals surface area contributed by atoms with E-state index in [0.29, 0.717) is 5.92 Å². The minimum absolute atomic E-state index is 0.644. The van der Waals surface area contributed by atoms with E-state index in [9.17, 15) is 0 Å². The average Bonchev–Trinajstić information content (AvgIpc) is 3.23. The lowest BCUT2D eigenvalue weighted by atomic mass is 10.0. The molecule has 3 nitrogen and oxygen atoms in total. The first kappa shape index (κ1) is 14.8. The van der Waals surface area contributed by atoms with Crippen LogP contribution in [-0.4, -0.2) is 17.0 Å². The van der Waals surface area contributed by atoms with Gasteiger partial charge in [0.05, 0.1) is 9.26 Å². The molecule has 0 aliphatic heterocycles. The molecule has 0 amide bonds. The summed E-state index contributed by atoms with van der Waals surface area (Å²) in [6, 6.07) is 6.65. The van der Waals surface area contributed by atoms with E-state index in [-0.39, 0.29) is 0 Å². The number of halogens is 1. The third kappa shape index (κ3) is 3.36. The molecular formula is C17H20IN3. The van der Waals surface area contributed by atoms with Crippen LogP contribution in [0.4, 0.5) is 5.82 Å². The van der Waals surface area contributed by atoms with Crippen molar-refractivity contribution in [2.24, 2.45) is 0 Å². The number of aryl methyl sites for hydroxylation is 2. The molecule has 1 saturated carbocycles. The summed E-state index contributed by atoms with van der Waals surface area (Å²) in [5.74, 6) is 2.53. The summed E-state index contributed by atoms with van der Waals surface area (Å²) in [5, 5.41) is 3.21. The lowest BCUT2D eigenvalue weighted by Gasteiger charge is -2.11. The molecular weight excluding hydrogens is 373 g/mol. The number of anilines is 1. The Morgan fingerprint density at radius 1 is 1.14 bits per heavy atom. The topological polar surface area (TPSA) is 37.8 Å². The molecule has 2 aromatic rings. The zero-order chi connectivity index (χ0) is 15.0. The molecule has 3 rings (SSSR count). The molecule has 110 valence electrons. The minimum Gasteiger partial charge on any atom is -0.372 e. The molecule has 0 unspecified atom stereocenters. The van der Waals surface area contributed by atoms with Gasteiger partial charge in [0.2, 0.25) is 0 Å². The Hall–Kier alpha value is -1.17. The SMILES string of the molecule is CNc1nc(Cc2cc(C)cc(C)c2)nc(C2CC2)c1I. The Labute approximate surface area is 139 Å². The third-order valence-electron chi connectivity index (χ3n) is 3.77. The van der Waals surface area contributed by atoms with Crippen molar-refractivity contribution in [3.8, 4) is 0 Å². The number of nitrogens with one attached hydrogen (secondary N) is 1. The lowest BCUT2D eigenvalue weighted by molar-refractivity contribution is 0.890. The molecule has 1 aromatic carbocycles. The zero-order valence-corrected chi connectivity index (χ0v) is 14.9. The zero-order valence-electron chi connectivity index (χ0n) is 12.7. The fourth-order valence-electron chi connectivity index (χ4n) is 2.74. The Bertz CT molecular complexity index is 658. The number of benzene rings is 1. The van der Waals surface area contributed by atoms with Gasteiger partial charge in [0.15, 0.2) is 0 Å². The van der Waals surface area contributed by atoms with Crippen LogP contribution >= 0.6 is 22.6 Å². The summed E-state index contributed by atoms with van der Waals surface area (Å²) >= 11 is 2.37. The van der Waals surface area contributed by atoms with Gasteiger partial charge in [-0.3, -0.25) is 0 Å². The largest absolute Gasteiger partial charge is 0.372 e. The molecule has 21 heavy (non-hydrogen) atoms. The van der Waals surface area contributed by atoms with Gasteiger partial charge < -0.3 is 5.32 Å². The predicted octanol–water partition coefficient (Wildman–Crippen LogP) is 4.21. The highest BCUT2D eigenvalue weighted by atomic mass is 127. The van der Waals surface area contributed by atoms with Crippen molar-refractivity contribution in [2.45, 2.75) is 39.0 Å². The second-order valence-electron chi connectivity index (χ2n) is 5.88. The van der Waals surface area contributed by atoms with Gasteiger partial charge in [-0.1, -0.05) is 29.3 Å². The lowest BCUT2D eigenvalue weighted by Crippen LogP contribution is -2.07. The average molecular weight is 393 g/mol. The maximum atomic E-state index is 4.84. The van der Waals surface area contributed by atoms with Crippen LogP contribution in [0.5, 0.6) is 0 Å². The summed E-state index contributed by atoms with van der Waals surface area (Å²) in [6.45, 7) is 4.28. The van der Waals surface area contributed by atoms with E-state index in [1.807, 2.05) is 7.05 Å². The van der Waals surface area contributed by atoms with Crippen LogP contribution in [0, 0.1) is 17.4 Å². The molecule has 0 bridgehead atoms. The molecule has 0 saturated heterocycles. The first-order valence-electron chi connectivity index (χ1n) is 7.38. The highest BCUT2D eigenvalue weighted by molar-refractivity contribution is 14.1. The van der Waals surface area contributed by atoms with Crippen LogP contribution in [0.25, 0.3) is 0 Å². The normalized spacial score (nSPS) is 14.3. The molecule has 1 N–H and O–H groups in total. The van der Waals surface area contributed by atoms with Crippen molar-refractivity contribution in [3.05, 3.63) is 50.0 Å². The first-order valence-corrected chi connectivity index (χ1v) is 8.46. The van der Waals surface area contributed by atoms with Crippen molar-refractivity contribution in [2.75, 3.05) is 12.4 Å². The van der Waals surface area contributed by atoms with E-state index < -0.39 is 0 Å². The van der Waals surface area contributed by atoms with E-state index in [0.717, 1.165) is 18.1 Å². The Kier molecular flexibility index (Phi) is 4.15. The van der Waals surface area contributed by atoms with Crippen LogP contribution in [-0.2, 0) is 6.42 Å². The van der Waals surface area contributed by atoms with E-state index in [2.05, 4.69) is 64.9 Å². The summed E-state index contributed by atoms with van der Waals surface area (Å²) in [7, 11) is 1.93.